The number of carbonyl (C=O) groups excluding carboxylic acids is 2. The highest BCUT2D eigenvalue weighted by Crippen LogP contribution is 2.33. The fourth-order valence-corrected chi connectivity index (χ4v) is 5.06. The molecule has 33 heavy (non-hydrogen) atoms. The zero-order chi connectivity index (χ0) is 23.4. The SMILES string of the molecule is Cc1nc(C)c(C(=O)N(c2cccc(Cl)c2)[C@@H](C(=O)NC[C@@H]2CCCO2)c2ccccc2)s1. The van der Waals surface area contributed by atoms with Crippen LogP contribution in [-0.4, -0.2) is 36.1 Å². The van der Waals surface area contributed by atoms with E-state index in [2.05, 4.69) is 10.3 Å². The molecule has 4 rings (SSSR count). The van der Waals surface area contributed by atoms with Crippen LogP contribution in [0.2, 0.25) is 5.02 Å². The topological polar surface area (TPSA) is 71.5 Å². The van der Waals surface area contributed by atoms with E-state index in [1.165, 1.54) is 16.2 Å². The molecule has 8 heteroatoms. The average molecular weight is 484 g/mol. The third-order valence-corrected chi connectivity index (χ3v) is 6.85. The summed E-state index contributed by atoms with van der Waals surface area (Å²) in [4.78, 5) is 34.0. The predicted molar refractivity (Wildman–Crippen MR) is 131 cm³/mol. The highest BCUT2D eigenvalue weighted by atomic mass is 35.5. The summed E-state index contributed by atoms with van der Waals surface area (Å²) in [5.41, 5.74) is 1.88. The summed E-state index contributed by atoms with van der Waals surface area (Å²) in [6.07, 6.45) is 1.89. The molecule has 0 spiro atoms. The largest absolute Gasteiger partial charge is 0.376 e. The van der Waals surface area contributed by atoms with Gasteiger partial charge in [-0.3, -0.25) is 14.5 Å². The first-order valence-corrected chi connectivity index (χ1v) is 12.1. The monoisotopic (exact) mass is 483 g/mol. The van der Waals surface area contributed by atoms with Crippen LogP contribution in [0.15, 0.2) is 54.6 Å². The molecule has 3 aromatic rings. The number of aromatic nitrogens is 1. The van der Waals surface area contributed by atoms with Crippen molar-refractivity contribution in [2.45, 2.75) is 38.8 Å². The van der Waals surface area contributed by atoms with Gasteiger partial charge in [-0.1, -0.05) is 48.0 Å². The number of nitrogens with zero attached hydrogens (tertiary/aromatic N) is 2. The van der Waals surface area contributed by atoms with Crippen molar-refractivity contribution in [3.8, 4) is 0 Å². The van der Waals surface area contributed by atoms with Gasteiger partial charge in [0.1, 0.15) is 10.9 Å². The van der Waals surface area contributed by atoms with Gasteiger partial charge in [0.05, 0.1) is 16.8 Å². The second-order valence-corrected chi connectivity index (χ2v) is 9.64. The summed E-state index contributed by atoms with van der Waals surface area (Å²) >= 11 is 7.61. The lowest BCUT2D eigenvalue weighted by molar-refractivity contribution is -0.123. The maximum atomic E-state index is 13.9. The predicted octanol–water partition coefficient (Wildman–Crippen LogP) is 5.10. The first kappa shape index (κ1) is 23.4. The van der Waals surface area contributed by atoms with Crippen LogP contribution in [0, 0.1) is 13.8 Å². The van der Waals surface area contributed by atoms with Crippen molar-refractivity contribution in [1.82, 2.24) is 10.3 Å². The van der Waals surface area contributed by atoms with Crippen LogP contribution < -0.4 is 10.2 Å². The second kappa shape index (κ2) is 10.5. The van der Waals surface area contributed by atoms with E-state index in [0.717, 1.165) is 17.8 Å². The zero-order valence-electron chi connectivity index (χ0n) is 18.6. The van der Waals surface area contributed by atoms with Crippen LogP contribution in [0.1, 0.15) is 44.8 Å². The van der Waals surface area contributed by atoms with Gasteiger partial charge in [0.25, 0.3) is 5.91 Å². The first-order valence-electron chi connectivity index (χ1n) is 10.9. The smallest absolute Gasteiger partial charge is 0.271 e. The van der Waals surface area contributed by atoms with E-state index < -0.39 is 6.04 Å². The molecule has 1 saturated heterocycles. The lowest BCUT2D eigenvalue weighted by Crippen LogP contribution is -2.45. The van der Waals surface area contributed by atoms with Crippen LogP contribution >= 0.6 is 22.9 Å². The van der Waals surface area contributed by atoms with Gasteiger partial charge in [-0.05, 0) is 50.5 Å². The molecule has 2 amide bonds. The molecule has 1 N–H and O–H groups in total. The standard InChI is InChI=1S/C25H26ClN3O3S/c1-16-23(33-17(2)28-16)25(31)29(20-11-6-10-19(26)14-20)22(18-8-4-3-5-9-18)24(30)27-15-21-12-7-13-32-21/h3-6,8-11,14,21-22H,7,12-13,15H2,1-2H3,(H,27,30)/t21-,22+/m0/s1. The van der Waals surface area contributed by atoms with Gasteiger partial charge in [-0.2, -0.15) is 0 Å². The summed E-state index contributed by atoms with van der Waals surface area (Å²) < 4.78 is 5.67. The maximum Gasteiger partial charge on any atom is 0.271 e. The Morgan fingerprint density at radius 3 is 2.64 bits per heavy atom. The molecule has 0 aliphatic carbocycles. The third kappa shape index (κ3) is 5.43. The Labute approximate surface area is 202 Å². The normalized spacial score (nSPS) is 16.4. The molecule has 1 aromatic heterocycles. The number of carbonyl (C=O) groups is 2. The van der Waals surface area contributed by atoms with Crippen molar-refractivity contribution in [2.75, 3.05) is 18.1 Å². The molecule has 1 aliphatic rings. The molecule has 2 heterocycles. The fourth-order valence-electron chi connectivity index (χ4n) is 4.02. The minimum Gasteiger partial charge on any atom is -0.376 e. The van der Waals surface area contributed by atoms with Crippen LogP contribution in [0.25, 0.3) is 0 Å². The van der Waals surface area contributed by atoms with E-state index in [9.17, 15) is 9.59 Å². The number of hydrogen-bond acceptors (Lipinski definition) is 5. The number of halogens is 1. The van der Waals surface area contributed by atoms with Crippen molar-refractivity contribution in [3.63, 3.8) is 0 Å². The third-order valence-electron chi connectivity index (χ3n) is 5.55. The number of benzene rings is 2. The molecule has 0 radical (unpaired) electrons. The number of rotatable bonds is 7. The Morgan fingerprint density at radius 1 is 1.21 bits per heavy atom. The summed E-state index contributed by atoms with van der Waals surface area (Å²) in [6, 6.07) is 15.4. The summed E-state index contributed by atoms with van der Waals surface area (Å²) in [6.45, 7) is 4.78. The second-order valence-electron chi connectivity index (χ2n) is 8.00. The van der Waals surface area contributed by atoms with Gasteiger partial charge >= 0.3 is 0 Å². The zero-order valence-corrected chi connectivity index (χ0v) is 20.2. The molecule has 1 fully saturated rings. The van der Waals surface area contributed by atoms with E-state index in [-0.39, 0.29) is 17.9 Å². The minimum absolute atomic E-state index is 0.00733. The Morgan fingerprint density at radius 2 is 2.00 bits per heavy atom. The van der Waals surface area contributed by atoms with Gasteiger partial charge in [-0.25, -0.2) is 4.98 Å². The summed E-state index contributed by atoms with van der Waals surface area (Å²) in [5.74, 6) is -0.564. The lowest BCUT2D eigenvalue weighted by Gasteiger charge is -2.31. The average Bonchev–Trinajstić information content (AvgIpc) is 3.45. The highest BCUT2D eigenvalue weighted by molar-refractivity contribution is 7.13. The molecule has 2 aromatic carbocycles. The molecule has 0 unspecified atom stereocenters. The molecular weight excluding hydrogens is 458 g/mol. The minimum atomic E-state index is -0.889. The Kier molecular flexibility index (Phi) is 7.42. The number of ether oxygens (including phenoxy) is 1. The molecule has 0 saturated carbocycles. The van der Waals surface area contributed by atoms with E-state index in [1.807, 2.05) is 44.2 Å². The summed E-state index contributed by atoms with van der Waals surface area (Å²) in [5, 5.41) is 4.28. The van der Waals surface area contributed by atoms with Crippen LogP contribution in [-0.2, 0) is 9.53 Å². The lowest BCUT2D eigenvalue weighted by atomic mass is 10.0. The van der Waals surface area contributed by atoms with Crippen LogP contribution in [0.5, 0.6) is 0 Å². The Bertz CT molecular complexity index is 1130. The van der Waals surface area contributed by atoms with Crippen molar-refractivity contribution in [1.29, 1.82) is 0 Å². The van der Waals surface area contributed by atoms with Crippen molar-refractivity contribution >= 4 is 40.4 Å². The maximum absolute atomic E-state index is 13.9. The Balaban J connectivity index is 1.77. The van der Waals surface area contributed by atoms with Gasteiger partial charge < -0.3 is 10.1 Å². The van der Waals surface area contributed by atoms with Crippen LogP contribution in [0.4, 0.5) is 5.69 Å². The number of thiazole rings is 1. The van der Waals surface area contributed by atoms with Gasteiger partial charge in [0, 0.05) is 23.9 Å². The Hall–Kier alpha value is -2.74. The number of aryl methyl sites for hydroxylation is 2. The van der Waals surface area contributed by atoms with Gasteiger partial charge in [0.2, 0.25) is 5.91 Å². The van der Waals surface area contributed by atoms with Crippen LogP contribution in [0.3, 0.4) is 0 Å². The van der Waals surface area contributed by atoms with E-state index in [1.54, 1.807) is 24.3 Å². The van der Waals surface area contributed by atoms with E-state index in [4.69, 9.17) is 16.3 Å². The number of anilines is 1. The molecule has 0 bridgehead atoms. The number of nitrogens with one attached hydrogen (secondary N) is 1. The number of hydrogen-bond donors (Lipinski definition) is 1. The van der Waals surface area contributed by atoms with Crippen molar-refractivity contribution in [3.05, 3.63) is 80.8 Å². The van der Waals surface area contributed by atoms with Gasteiger partial charge in [-0.15, -0.1) is 11.3 Å². The molecular formula is C25H26ClN3O3S. The van der Waals surface area contributed by atoms with Crippen molar-refractivity contribution in [2.24, 2.45) is 0 Å². The summed E-state index contributed by atoms with van der Waals surface area (Å²) in [7, 11) is 0. The molecule has 6 nitrogen and oxygen atoms in total. The molecule has 2 atom stereocenters. The van der Waals surface area contributed by atoms with E-state index in [0.29, 0.717) is 40.0 Å². The van der Waals surface area contributed by atoms with Crippen molar-refractivity contribution < 1.29 is 14.3 Å². The molecule has 1 aliphatic heterocycles. The van der Waals surface area contributed by atoms with E-state index >= 15 is 0 Å². The number of amides is 2. The first-order chi connectivity index (χ1) is 15.9. The van der Waals surface area contributed by atoms with Gasteiger partial charge in [0.15, 0.2) is 0 Å². The highest BCUT2D eigenvalue weighted by Gasteiger charge is 2.35. The quantitative estimate of drug-likeness (QED) is 0.507. The molecule has 172 valence electrons. The fraction of sp³-hybridized carbons (Fsp3) is 0.320.